The second-order valence-electron chi connectivity index (χ2n) is 7.39. The van der Waals surface area contributed by atoms with E-state index in [9.17, 15) is 14.9 Å². The number of rotatable bonds is 4. The number of benzene rings is 2. The zero-order valence-electron chi connectivity index (χ0n) is 17.3. The molecule has 1 aromatic heterocycles. The third-order valence-corrected chi connectivity index (χ3v) is 5.77. The van der Waals surface area contributed by atoms with E-state index in [-0.39, 0.29) is 33.9 Å². The van der Waals surface area contributed by atoms with E-state index >= 15 is 4.39 Å². The monoisotopic (exact) mass is 451 g/mol. The molecule has 6 nitrogen and oxygen atoms in total. The molecule has 0 aliphatic heterocycles. The lowest BCUT2D eigenvalue weighted by atomic mass is 9.93. The minimum Gasteiger partial charge on any atom is -0.462 e. The van der Waals surface area contributed by atoms with E-state index in [4.69, 9.17) is 16.3 Å². The van der Waals surface area contributed by atoms with Gasteiger partial charge in [0.25, 0.3) is 5.91 Å². The molecule has 162 valence electrons. The average Bonchev–Trinajstić information content (AvgIpc) is 3.18. The molecule has 32 heavy (non-hydrogen) atoms. The van der Waals surface area contributed by atoms with Gasteiger partial charge >= 0.3 is 5.97 Å². The van der Waals surface area contributed by atoms with Crippen LogP contribution in [0.4, 0.5) is 4.39 Å². The van der Waals surface area contributed by atoms with Crippen molar-refractivity contribution in [2.45, 2.75) is 32.6 Å². The van der Waals surface area contributed by atoms with E-state index in [2.05, 4.69) is 5.10 Å². The third-order valence-electron chi connectivity index (χ3n) is 5.46. The SMILES string of the molecule is CCOC(=O)c1ccc(-c2nn(C(=O)c3c(Cl)cccc3C#N)c3c2CCCC3)c(F)c1. The van der Waals surface area contributed by atoms with Crippen molar-refractivity contribution in [3.05, 3.63) is 75.2 Å². The smallest absolute Gasteiger partial charge is 0.338 e. The zero-order chi connectivity index (χ0) is 22.8. The van der Waals surface area contributed by atoms with Crippen LogP contribution in [0.2, 0.25) is 5.02 Å². The summed E-state index contributed by atoms with van der Waals surface area (Å²) in [6.07, 6.45) is 2.99. The van der Waals surface area contributed by atoms with Gasteiger partial charge in [-0.2, -0.15) is 15.0 Å². The molecule has 3 aromatic rings. The number of nitriles is 1. The van der Waals surface area contributed by atoms with E-state index in [1.165, 1.54) is 22.9 Å². The fourth-order valence-electron chi connectivity index (χ4n) is 3.97. The summed E-state index contributed by atoms with van der Waals surface area (Å²) < 4.78 is 21.2. The lowest BCUT2D eigenvalue weighted by molar-refractivity contribution is 0.0525. The van der Waals surface area contributed by atoms with Gasteiger partial charge in [0.15, 0.2) is 0 Å². The molecule has 2 aromatic carbocycles. The summed E-state index contributed by atoms with van der Waals surface area (Å²) in [5.74, 6) is -1.76. The molecule has 4 rings (SSSR count). The summed E-state index contributed by atoms with van der Waals surface area (Å²) in [5, 5.41) is 14.1. The number of carbonyl (C=O) groups is 2. The normalized spacial score (nSPS) is 12.7. The van der Waals surface area contributed by atoms with Crippen molar-refractivity contribution < 1.29 is 18.7 Å². The Kier molecular flexibility index (Phi) is 6.06. The summed E-state index contributed by atoms with van der Waals surface area (Å²) in [6, 6.07) is 10.7. The number of aromatic nitrogens is 2. The van der Waals surface area contributed by atoms with Gasteiger partial charge < -0.3 is 4.74 Å². The maximum absolute atomic E-state index is 15.0. The Balaban J connectivity index is 1.83. The molecular formula is C24H19ClFN3O3. The quantitative estimate of drug-likeness (QED) is 0.523. The average molecular weight is 452 g/mol. The lowest BCUT2D eigenvalue weighted by Gasteiger charge is -2.14. The number of carbonyl (C=O) groups excluding carboxylic acids is 2. The molecule has 0 amide bonds. The molecule has 1 heterocycles. The van der Waals surface area contributed by atoms with Gasteiger partial charge in [0.2, 0.25) is 0 Å². The van der Waals surface area contributed by atoms with Crippen LogP contribution in [-0.2, 0) is 17.6 Å². The predicted molar refractivity (Wildman–Crippen MR) is 116 cm³/mol. The number of nitrogens with zero attached hydrogens (tertiary/aromatic N) is 3. The highest BCUT2D eigenvalue weighted by molar-refractivity contribution is 6.34. The Morgan fingerprint density at radius 1 is 1.25 bits per heavy atom. The summed E-state index contributed by atoms with van der Waals surface area (Å²) in [7, 11) is 0. The molecule has 0 fully saturated rings. The maximum atomic E-state index is 15.0. The Labute approximate surface area is 189 Å². The van der Waals surface area contributed by atoms with Gasteiger partial charge in [-0.15, -0.1) is 0 Å². The highest BCUT2D eigenvalue weighted by Gasteiger charge is 2.28. The number of hydrogen-bond acceptors (Lipinski definition) is 5. The van der Waals surface area contributed by atoms with Crippen molar-refractivity contribution in [1.82, 2.24) is 9.78 Å². The maximum Gasteiger partial charge on any atom is 0.338 e. The molecule has 0 atom stereocenters. The Morgan fingerprint density at radius 3 is 2.75 bits per heavy atom. The van der Waals surface area contributed by atoms with Crippen LogP contribution in [-0.4, -0.2) is 28.3 Å². The Bertz CT molecular complexity index is 1280. The molecule has 0 saturated carbocycles. The van der Waals surface area contributed by atoms with E-state index in [1.54, 1.807) is 19.1 Å². The predicted octanol–water partition coefficient (Wildman–Crippen LogP) is 4.96. The van der Waals surface area contributed by atoms with Crippen LogP contribution < -0.4 is 0 Å². The first kappa shape index (κ1) is 21.7. The highest BCUT2D eigenvalue weighted by Crippen LogP contribution is 2.34. The standard InChI is InChI=1S/C24H19ClFN3O3/c1-2-32-24(31)14-10-11-16(19(26)12-14)22-17-7-3-4-9-20(17)29(28-22)23(30)21-15(13-27)6-5-8-18(21)25/h5-6,8,10-12H,2-4,7,9H2,1H3. The second kappa shape index (κ2) is 8.93. The van der Waals surface area contributed by atoms with Crippen molar-refractivity contribution in [1.29, 1.82) is 5.26 Å². The minimum atomic E-state index is -0.628. The lowest BCUT2D eigenvalue weighted by Crippen LogP contribution is -2.20. The fraction of sp³-hybridized carbons (Fsp3) is 0.250. The Hall–Kier alpha value is -3.50. The molecule has 0 bridgehead atoms. The van der Waals surface area contributed by atoms with Crippen LogP contribution in [0.5, 0.6) is 0 Å². The van der Waals surface area contributed by atoms with E-state index in [0.29, 0.717) is 24.2 Å². The first-order valence-corrected chi connectivity index (χ1v) is 10.6. The largest absolute Gasteiger partial charge is 0.462 e. The summed E-state index contributed by atoms with van der Waals surface area (Å²) in [4.78, 5) is 25.3. The van der Waals surface area contributed by atoms with Gasteiger partial charge in [0.05, 0.1) is 39.7 Å². The van der Waals surface area contributed by atoms with E-state index in [1.807, 2.05) is 6.07 Å². The molecule has 0 spiro atoms. The topological polar surface area (TPSA) is 85.0 Å². The van der Waals surface area contributed by atoms with Crippen LogP contribution in [0.15, 0.2) is 36.4 Å². The first-order valence-electron chi connectivity index (χ1n) is 10.3. The van der Waals surface area contributed by atoms with Gasteiger partial charge in [0, 0.05) is 11.1 Å². The molecular weight excluding hydrogens is 433 g/mol. The first-order chi connectivity index (χ1) is 15.5. The number of fused-ring (bicyclic) bond motifs is 1. The minimum absolute atomic E-state index is 0.0669. The van der Waals surface area contributed by atoms with Crippen LogP contribution in [0.25, 0.3) is 11.3 Å². The van der Waals surface area contributed by atoms with Crippen LogP contribution in [0.3, 0.4) is 0 Å². The van der Waals surface area contributed by atoms with E-state index < -0.39 is 17.7 Å². The third kappa shape index (κ3) is 3.78. The molecule has 8 heteroatoms. The van der Waals surface area contributed by atoms with Crippen molar-refractivity contribution in [3.8, 4) is 17.3 Å². The van der Waals surface area contributed by atoms with Crippen LogP contribution in [0.1, 0.15) is 57.3 Å². The van der Waals surface area contributed by atoms with E-state index in [0.717, 1.165) is 24.5 Å². The van der Waals surface area contributed by atoms with Crippen LogP contribution in [0, 0.1) is 17.1 Å². The summed E-state index contributed by atoms with van der Waals surface area (Å²) >= 11 is 6.24. The molecule has 0 saturated heterocycles. The number of esters is 1. The van der Waals surface area contributed by atoms with Gasteiger partial charge in [-0.05, 0) is 62.9 Å². The van der Waals surface area contributed by atoms with Gasteiger partial charge in [-0.3, -0.25) is 4.79 Å². The molecule has 1 aliphatic carbocycles. The molecule has 0 unspecified atom stereocenters. The van der Waals surface area contributed by atoms with Crippen molar-refractivity contribution in [2.24, 2.45) is 0 Å². The molecule has 0 N–H and O–H groups in total. The summed E-state index contributed by atoms with van der Waals surface area (Å²) in [6.45, 7) is 1.87. The Morgan fingerprint density at radius 2 is 2.03 bits per heavy atom. The second-order valence-corrected chi connectivity index (χ2v) is 7.79. The molecule has 0 radical (unpaired) electrons. The van der Waals surface area contributed by atoms with Gasteiger partial charge in [0.1, 0.15) is 11.9 Å². The van der Waals surface area contributed by atoms with Gasteiger partial charge in [-0.1, -0.05) is 17.7 Å². The van der Waals surface area contributed by atoms with Crippen molar-refractivity contribution in [2.75, 3.05) is 6.61 Å². The number of halogens is 2. The van der Waals surface area contributed by atoms with Crippen molar-refractivity contribution in [3.63, 3.8) is 0 Å². The number of hydrogen-bond donors (Lipinski definition) is 0. The molecule has 1 aliphatic rings. The van der Waals surface area contributed by atoms with Crippen LogP contribution >= 0.6 is 11.6 Å². The summed E-state index contributed by atoms with van der Waals surface area (Å²) in [5.41, 5.74) is 2.35. The zero-order valence-corrected chi connectivity index (χ0v) is 18.1. The van der Waals surface area contributed by atoms with Gasteiger partial charge in [-0.25, -0.2) is 9.18 Å². The highest BCUT2D eigenvalue weighted by atomic mass is 35.5. The fourth-order valence-corrected chi connectivity index (χ4v) is 4.23. The van der Waals surface area contributed by atoms with Crippen molar-refractivity contribution >= 4 is 23.5 Å². The number of ether oxygens (including phenoxy) is 1.